The molecule has 1 amide bonds. The fourth-order valence-electron chi connectivity index (χ4n) is 2.35. The van der Waals surface area contributed by atoms with Gasteiger partial charge in [0, 0.05) is 0 Å². The van der Waals surface area contributed by atoms with E-state index in [0.29, 0.717) is 19.3 Å². The molecule has 3 atom stereocenters. The molecule has 0 aromatic carbocycles. The SMILES string of the molecule is CC(C)CC(NC(=O)C1CC=CCC1C(=O)O)C(=O)O. The predicted molar refractivity (Wildman–Crippen MR) is 72.0 cm³/mol. The molecule has 6 heteroatoms. The van der Waals surface area contributed by atoms with E-state index in [1.165, 1.54) is 0 Å². The minimum atomic E-state index is -1.09. The molecule has 112 valence electrons. The van der Waals surface area contributed by atoms with Crippen LogP contribution in [0.25, 0.3) is 0 Å². The minimum Gasteiger partial charge on any atom is -0.481 e. The second-order valence-corrected chi connectivity index (χ2v) is 5.52. The first-order valence-corrected chi connectivity index (χ1v) is 6.74. The van der Waals surface area contributed by atoms with Crippen LogP contribution in [0.1, 0.15) is 33.1 Å². The second kappa shape index (κ2) is 7.07. The predicted octanol–water partition coefficient (Wildman–Crippen LogP) is 1.27. The third kappa shape index (κ3) is 4.36. The summed E-state index contributed by atoms with van der Waals surface area (Å²) in [6, 6.07) is -0.970. The van der Waals surface area contributed by atoms with Crippen molar-refractivity contribution >= 4 is 17.8 Å². The lowest BCUT2D eigenvalue weighted by molar-refractivity contribution is -0.148. The Labute approximate surface area is 117 Å². The molecule has 1 aliphatic carbocycles. The van der Waals surface area contributed by atoms with Crippen molar-refractivity contribution in [3.05, 3.63) is 12.2 Å². The number of hydrogen-bond donors (Lipinski definition) is 3. The zero-order chi connectivity index (χ0) is 15.3. The van der Waals surface area contributed by atoms with Gasteiger partial charge in [0.2, 0.25) is 5.91 Å². The fourth-order valence-corrected chi connectivity index (χ4v) is 2.35. The number of nitrogens with one attached hydrogen (secondary N) is 1. The van der Waals surface area contributed by atoms with Crippen LogP contribution in [0, 0.1) is 17.8 Å². The van der Waals surface area contributed by atoms with Crippen LogP contribution in [-0.2, 0) is 14.4 Å². The second-order valence-electron chi connectivity index (χ2n) is 5.52. The number of carbonyl (C=O) groups is 3. The number of carbonyl (C=O) groups excluding carboxylic acids is 1. The van der Waals surface area contributed by atoms with Crippen LogP contribution < -0.4 is 5.32 Å². The minimum absolute atomic E-state index is 0.123. The molecule has 1 rings (SSSR count). The Morgan fingerprint density at radius 2 is 1.70 bits per heavy atom. The maximum absolute atomic E-state index is 12.1. The number of allylic oxidation sites excluding steroid dienone is 2. The molecule has 1 aliphatic rings. The highest BCUT2D eigenvalue weighted by Gasteiger charge is 2.35. The molecule has 0 fully saturated rings. The summed E-state index contributed by atoms with van der Waals surface area (Å²) in [6.07, 6.45) is 4.46. The largest absolute Gasteiger partial charge is 0.481 e. The fraction of sp³-hybridized carbons (Fsp3) is 0.643. The Balaban J connectivity index is 2.74. The summed E-state index contributed by atoms with van der Waals surface area (Å²) in [6.45, 7) is 3.73. The van der Waals surface area contributed by atoms with E-state index in [9.17, 15) is 14.4 Å². The van der Waals surface area contributed by atoms with Crippen molar-refractivity contribution in [2.45, 2.75) is 39.2 Å². The molecule has 0 aliphatic heterocycles. The molecular weight excluding hydrogens is 262 g/mol. The van der Waals surface area contributed by atoms with Crippen molar-refractivity contribution in [1.29, 1.82) is 0 Å². The zero-order valence-corrected chi connectivity index (χ0v) is 11.7. The van der Waals surface area contributed by atoms with Gasteiger partial charge in [-0.1, -0.05) is 26.0 Å². The molecule has 20 heavy (non-hydrogen) atoms. The Morgan fingerprint density at radius 3 is 2.15 bits per heavy atom. The Hall–Kier alpha value is -1.85. The van der Waals surface area contributed by atoms with Gasteiger partial charge in [-0.3, -0.25) is 9.59 Å². The molecule has 3 unspecified atom stereocenters. The van der Waals surface area contributed by atoms with E-state index in [4.69, 9.17) is 10.2 Å². The van der Waals surface area contributed by atoms with Gasteiger partial charge in [0.1, 0.15) is 6.04 Å². The average molecular weight is 283 g/mol. The van der Waals surface area contributed by atoms with Gasteiger partial charge < -0.3 is 15.5 Å². The van der Waals surface area contributed by atoms with Gasteiger partial charge in [-0.15, -0.1) is 0 Å². The maximum Gasteiger partial charge on any atom is 0.326 e. The van der Waals surface area contributed by atoms with E-state index < -0.39 is 35.7 Å². The summed E-state index contributed by atoms with van der Waals surface area (Å²) in [5.41, 5.74) is 0. The van der Waals surface area contributed by atoms with Gasteiger partial charge in [0.15, 0.2) is 0 Å². The molecule has 0 aromatic heterocycles. The Bertz CT molecular complexity index is 416. The Morgan fingerprint density at radius 1 is 1.15 bits per heavy atom. The highest BCUT2D eigenvalue weighted by Crippen LogP contribution is 2.26. The van der Waals surface area contributed by atoms with E-state index in [-0.39, 0.29) is 5.92 Å². The highest BCUT2D eigenvalue weighted by molar-refractivity contribution is 5.88. The molecule has 6 nitrogen and oxygen atoms in total. The number of carboxylic acids is 2. The van der Waals surface area contributed by atoms with Crippen molar-refractivity contribution in [3.63, 3.8) is 0 Å². The van der Waals surface area contributed by atoms with Crippen LogP contribution in [0.15, 0.2) is 12.2 Å². The summed E-state index contributed by atoms with van der Waals surface area (Å²) in [7, 11) is 0. The van der Waals surface area contributed by atoms with Gasteiger partial charge in [-0.05, 0) is 25.2 Å². The zero-order valence-electron chi connectivity index (χ0n) is 11.7. The molecule has 0 radical (unpaired) electrons. The highest BCUT2D eigenvalue weighted by atomic mass is 16.4. The molecule has 0 saturated carbocycles. The van der Waals surface area contributed by atoms with Crippen molar-refractivity contribution in [2.75, 3.05) is 0 Å². The van der Waals surface area contributed by atoms with Crippen molar-refractivity contribution in [2.24, 2.45) is 17.8 Å². The van der Waals surface area contributed by atoms with Crippen molar-refractivity contribution < 1.29 is 24.6 Å². The quantitative estimate of drug-likeness (QED) is 0.637. The van der Waals surface area contributed by atoms with Crippen LogP contribution >= 0.6 is 0 Å². The van der Waals surface area contributed by atoms with Crippen molar-refractivity contribution in [1.82, 2.24) is 5.32 Å². The molecule has 0 saturated heterocycles. The van der Waals surface area contributed by atoms with E-state index in [0.717, 1.165) is 0 Å². The van der Waals surface area contributed by atoms with E-state index in [2.05, 4.69) is 5.32 Å². The van der Waals surface area contributed by atoms with E-state index >= 15 is 0 Å². The number of carboxylic acid groups (broad SMARTS) is 2. The van der Waals surface area contributed by atoms with Gasteiger partial charge in [0.25, 0.3) is 0 Å². The lowest BCUT2D eigenvalue weighted by Crippen LogP contribution is -2.47. The summed E-state index contributed by atoms with van der Waals surface area (Å²) in [4.78, 5) is 34.4. The van der Waals surface area contributed by atoms with E-state index in [1.54, 1.807) is 12.2 Å². The molecule has 0 bridgehead atoms. The summed E-state index contributed by atoms with van der Waals surface area (Å²) in [5, 5.41) is 20.7. The maximum atomic E-state index is 12.1. The summed E-state index contributed by atoms with van der Waals surface area (Å²) >= 11 is 0. The molecule has 0 spiro atoms. The lowest BCUT2D eigenvalue weighted by Gasteiger charge is -2.26. The first-order chi connectivity index (χ1) is 9.32. The molecular formula is C14H21NO5. The Kier molecular flexibility index (Phi) is 5.73. The molecule has 0 aromatic rings. The van der Waals surface area contributed by atoms with Crippen LogP contribution in [0.4, 0.5) is 0 Å². The number of aliphatic carboxylic acids is 2. The van der Waals surface area contributed by atoms with Crippen LogP contribution in [0.2, 0.25) is 0 Å². The smallest absolute Gasteiger partial charge is 0.326 e. The van der Waals surface area contributed by atoms with Gasteiger partial charge in [-0.25, -0.2) is 4.79 Å². The van der Waals surface area contributed by atoms with Crippen LogP contribution in [0.3, 0.4) is 0 Å². The standard InChI is InChI=1S/C14H21NO5/c1-8(2)7-11(14(19)20)15-12(16)9-5-3-4-6-10(9)13(17)18/h3-4,8-11H,5-7H2,1-2H3,(H,15,16)(H,17,18)(H,19,20). The topological polar surface area (TPSA) is 104 Å². The van der Waals surface area contributed by atoms with Gasteiger partial charge in [-0.2, -0.15) is 0 Å². The van der Waals surface area contributed by atoms with Crippen LogP contribution in [-0.4, -0.2) is 34.1 Å². The van der Waals surface area contributed by atoms with Gasteiger partial charge in [0.05, 0.1) is 11.8 Å². The monoisotopic (exact) mass is 283 g/mol. The third-order valence-corrected chi connectivity index (χ3v) is 3.41. The van der Waals surface area contributed by atoms with Crippen LogP contribution in [0.5, 0.6) is 0 Å². The first-order valence-electron chi connectivity index (χ1n) is 6.74. The lowest BCUT2D eigenvalue weighted by atomic mass is 9.82. The van der Waals surface area contributed by atoms with Crippen molar-refractivity contribution in [3.8, 4) is 0 Å². The summed E-state index contributed by atoms with van der Waals surface area (Å²) in [5.74, 6) is -3.97. The third-order valence-electron chi connectivity index (χ3n) is 3.41. The number of amides is 1. The van der Waals surface area contributed by atoms with Gasteiger partial charge >= 0.3 is 11.9 Å². The molecule has 3 N–H and O–H groups in total. The average Bonchev–Trinajstić information content (AvgIpc) is 2.37. The number of hydrogen-bond acceptors (Lipinski definition) is 3. The number of rotatable bonds is 6. The first kappa shape index (κ1) is 16.2. The normalized spacial score (nSPS) is 23.4. The van der Waals surface area contributed by atoms with E-state index in [1.807, 2.05) is 13.8 Å². The summed E-state index contributed by atoms with van der Waals surface area (Å²) < 4.78 is 0. The molecule has 0 heterocycles.